The number of hydrogen-bond acceptors (Lipinski definition) is 7. The maximum atomic E-state index is 12.1. The molecular formula is C7H4ClF3N2O6S. The molecule has 13 heteroatoms. The van der Waals surface area contributed by atoms with E-state index in [2.05, 4.69) is 14.5 Å². The van der Waals surface area contributed by atoms with Crippen LogP contribution in [0.15, 0.2) is 11.1 Å². The van der Waals surface area contributed by atoms with E-state index in [0.717, 1.165) is 7.11 Å². The predicted octanol–water partition coefficient (Wildman–Crippen LogP) is 1.82. The van der Waals surface area contributed by atoms with Gasteiger partial charge in [0.25, 0.3) is 9.05 Å². The van der Waals surface area contributed by atoms with Gasteiger partial charge in [0.1, 0.15) is 0 Å². The summed E-state index contributed by atoms with van der Waals surface area (Å²) in [7, 11) is 1.05. The van der Waals surface area contributed by atoms with Crippen LogP contribution in [0.4, 0.5) is 18.9 Å². The van der Waals surface area contributed by atoms with Crippen molar-refractivity contribution in [1.29, 1.82) is 0 Å². The van der Waals surface area contributed by atoms with Gasteiger partial charge in [-0.15, -0.1) is 13.2 Å². The summed E-state index contributed by atoms with van der Waals surface area (Å²) in [6, 6.07) is 0. The molecule has 0 amide bonds. The summed E-state index contributed by atoms with van der Waals surface area (Å²) in [4.78, 5) is 11.2. The summed E-state index contributed by atoms with van der Waals surface area (Å²) in [5, 5.41) is 10.8. The number of rotatable bonds is 4. The Bertz CT molecular complexity index is 647. The third-order valence-electron chi connectivity index (χ3n) is 1.79. The van der Waals surface area contributed by atoms with E-state index < -0.39 is 42.5 Å². The number of nitrogens with zero attached hydrogens (tertiary/aromatic N) is 2. The van der Waals surface area contributed by atoms with Gasteiger partial charge in [-0.05, 0) is 0 Å². The zero-order valence-corrected chi connectivity index (χ0v) is 10.9. The molecule has 112 valence electrons. The van der Waals surface area contributed by atoms with Crippen molar-refractivity contribution in [2.75, 3.05) is 7.11 Å². The molecule has 1 aromatic heterocycles. The van der Waals surface area contributed by atoms with Crippen molar-refractivity contribution >= 4 is 25.4 Å². The van der Waals surface area contributed by atoms with Crippen molar-refractivity contribution in [2.45, 2.75) is 11.3 Å². The maximum absolute atomic E-state index is 12.1. The number of ether oxygens (including phenoxy) is 2. The van der Waals surface area contributed by atoms with E-state index in [9.17, 15) is 31.7 Å². The van der Waals surface area contributed by atoms with Crippen molar-refractivity contribution in [3.63, 3.8) is 0 Å². The molecule has 0 radical (unpaired) electrons. The molecule has 0 aromatic carbocycles. The van der Waals surface area contributed by atoms with Crippen LogP contribution >= 0.6 is 10.7 Å². The zero-order valence-electron chi connectivity index (χ0n) is 9.34. The van der Waals surface area contributed by atoms with Gasteiger partial charge in [0.2, 0.25) is 16.5 Å². The number of methoxy groups -OCH3 is 1. The SMILES string of the molecule is COc1ncc(OC(F)(F)F)c([N+](=O)[O-])c1S(=O)(=O)Cl. The first-order valence-electron chi connectivity index (χ1n) is 4.39. The van der Waals surface area contributed by atoms with E-state index in [-0.39, 0.29) is 0 Å². The Balaban J connectivity index is 3.70. The van der Waals surface area contributed by atoms with Crippen LogP contribution in [-0.2, 0) is 9.05 Å². The Morgan fingerprint density at radius 3 is 2.35 bits per heavy atom. The van der Waals surface area contributed by atoms with Crippen LogP contribution in [0.5, 0.6) is 11.6 Å². The molecule has 20 heavy (non-hydrogen) atoms. The number of nitro groups is 1. The molecule has 0 aliphatic rings. The van der Waals surface area contributed by atoms with Crippen molar-refractivity contribution in [3.8, 4) is 11.6 Å². The number of alkyl halides is 3. The lowest BCUT2D eigenvalue weighted by molar-refractivity contribution is -0.391. The fourth-order valence-electron chi connectivity index (χ4n) is 1.19. The average Bonchev–Trinajstić information content (AvgIpc) is 2.24. The lowest BCUT2D eigenvalue weighted by atomic mass is 10.4. The van der Waals surface area contributed by atoms with E-state index in [1.807, 2.05) is 0 Å². The van der Waals surface area contributed by atoms with E-state index >= 15 is 0 Å². The minimum atomic E-state index is -5.28. The van der Waals surface area contributed by atoms with Crippen LogP contribution < -0.4 is 9.47 Å². The normalized spacial score (nSPS) is 12.1. The summed E-state index contributed by atoms with van der Waals surface area (Å²) in [6.07, 6.45) is -4.98. The van der Waals surface area contributed by atoms with Gasteiger partial charge < -0.3 is 9.47 Å². The van der Waals surface area contributed by atoms with Gasteiger partial charge in [-0.2, -0.15) is 0 Å². The topological polar surface area (TPSA) is 109 Å². The van der Waals surface area contributed by atoms with Gasteiger partial charge in [-0.1, -0.05) is 0 Å². The first-order valence-corrected chi connectivity index (χ1v) is 6.70. The largest absolute Gasteiger partial charge is 0.573 e. The van der Waals surface area contributed by atoms with Gasteiger partial charge in [-0.3, -0.25) is 10.1 Å². The zero-order chi connectivity index (χ0) is 15.7. The van der Waals surface area contributed by atoms with E-state index in [4.69, 9.17) is 10.7 Å². The summed E-state index contributed by atoms with van der Waals surface area (Å²) < 4.78 is 66.6. The Hall–Kier alpha value is -1.82. The fraction of sp³-hybridized carbons (Fsp3) is 0.286. The smallest absolute Gasteiger partial charge is 0.480 e. The summed E-state index contributed by atoms with van der Waals surface area (Å²) in [6.45, 7) is 0. The molecule has 0 fully saturated rings. The molecule has 0 atom stereocenters. The van der Waals surface area contributed by atoms with E-state index in [1.54, 1.807) is 0 Å². The molecule has 0 unspecified atom stereocenters. The van der Waals surface area contributed by atoms with Crippen LogP contribution in [0.2, 0.25) is 0 Å². The lowest BCUT2D eigenvalue weighted by Gasteiger charge is -2.11. The fourth-order valence-corrected chi connectivity index (χ4v) is 2.36. The minimum Gasteiger partial charge on any atom is -0.480 e. The highest BCUT2D eigenvalue weighted by atomic mass is 35.7. The van der Waals surface area contributed by atoms with Gasteiger partial charge in [-0.25, -0.2) is 13.4 Å². The number of aromatic nitrogens is 1. The molecule has 0 saturated heterocycles. The molecule has 0 saturated carbocycles. The third kappa shape index (κ3) is 3.60. The van der Waals surface area contributed by atoms with Gasteiger partial charge in [0.05, 0.1) is 18.2 Å². The van der Waals surface area contributed by atoms with Crippen LogP contribution in [0, 0.1) is 10.1 Å². The van der Waals surface area contributed by atoms with Crippen molar-refractivity contribution in [2.24, 2.45) is 0 Å². The second-order valence-corrected chi connectivity index (χ2v) is 5.56. The first kappa shape index (κ1) is 16.2. The van der Waals surface area contributed by atoms with Crippen LogP contribution in [0.1, 0.15) is 0 Å². The van der Waals surface area contributed by atoms with Crippen molar-refractivity contribution in [1.82, 2.24) is 4.98 Å². The maximum Gasteiger partial charge on any atom is 0.573 e. The highest BCUT2D eigenvalue weighted by molar-refractivity contribution is 8.14. The molecular weight excluding hydrogens is 333 g/mol. The quantitative estimate of drug-likeness (QED) is 0.468. The Morgan fingerprint density at radius 1 is 1.45 bits per heavy atom. The Labute approximate surface area is 113 Å². The van der Waals surface area contributed by atoms with Crippen LogP contribution in [0.25, 0.3) is 0 Å². The summed E-state index contributed by atoms with van der Waals surface area (Å²) >= 11 is 0. The van der Waals surface area contributed by atoms with E-state index in [0.29, 0.717) is 6.20 Å². The first-order chi connectivity index (χ1) is 8.97. The lowest BCUT2D eigenvalue weighted by Crippen LogP contribution is -2.19. The number of halogens is 4. The number of pyridine rings is 1. The third-order valence-corrected chi connectivity index (χ3v) is 3.11. The second kappa shape index (κ2) is 5.28. The molecule has 1 heterocycles. The highest BCUT2D eigenvalue weighted by Gasteiger charge is 2.40. The van der Waals surface area contributed by atoms with E-state index in [1.165, 1.54) is 0 Å². The average molecular weight is 337 g/mol. The Kier molecular flexibility index (Phi) is 4.29. The Morgan fingerprint density at radius 2 is 2.00 bits per heavy atom. The van der Waals surface area contributed by atoms with Gasteiger partial charge in [0.15, 0.2) is 0 Å². The minimum absolute atomic E-state index is 0.302. The second-order valence-electron chi connectivity index (χ2n) is 3.05. The van der Waals surface area contributed by atoms with Crippen molar-refractivity contribution < 1.29 is 36.0 Å². The highest BCUT2D eigenvalue weighted by Crippen LogP contribution is 2.41. The molecule has 8 nitrogen and oxygen atoms in total. The molecule has 0 bridgehead atoms. The van der Waals surface area contributed by atoms with Crippen LogP contribution in [-0.4, -0.2) is 31.8 Å². The molecule has 0 N–H and O–H groups in total. The summed E-state index contributed by atoms with van der Waals surface area (Å²) in [5.74, 6) is -2.26. The van der Waals surface area contributed by atoms with Crippen molar-refractivity contribution in [3.05, 3.63) is 16.3 Å². The van der Waals surface area contributed by atoms with Crippen LogP contribution in [0.3, 0.4) is 0 Å². The molecule has 1 aromatic rings. The number of hydrogen-bond donors (Lipinski definition) is 0. The summed E-state index contributed by atoms with van der Waals surface area (Å²) in [5.41, 5.74) is -1.52. The monoisotopic (exact) mass is 336 g/mol. The standard InChI is InChI=1S/C7H4ClF3N2O6S/c1-18-6-5(20(8,16)17)4(13(14)15)3(2-12-6)19-7(9,10)11/h2H,1H3. The molecule has 0 aliphatic carbocycles. The molecule has 0 spiro atoms. The molecule has 0 aliphatic heterocycles. The van der Waals surface area contributed by atoms with Gasteiger partial charge >= 0.3 is 12.0 Å². The predicted molar refractivity (Wildman–Crippen MR) is 57.2 cm³/mol. The molecule has 1 rings (SSSR count). The van der Waals surface area contributed by atoms with Gasteiger partial charge in [0, 0.05) is 10.7 Å².